The van der Waals surface area contributed by atoms with E-state index in [2.05, 4.69) is 10.6 Å². The number of carboxylic acid groups (broad SMARTS) is 1. The Morgan fingerprint density at radius 3 is 1.08 bits per heavy atom. The fourth-order valence-corrected chi connectivity index (χ4v) is 7.46. The molecule has 9 rings (SSSR count). The minimum atomic E-state index is -1.32. The van der Waals surface area contributed by atoms with E-state index in [1.807, 2.05) is 0 Å². The first kappa shape index (κ1) is 41.1. The highest BCUT2D eigenvalue weighted by atomic mass is 16.6. The molecule has 0 spiro atoms. The molecular formula is C49H30N4O12. The smallest absolute Gasteiger partial charge is 0.339 e. The molecule has 0 radical (unpaired) electrons. The van der Waals surface area contributed by atoms with E-state index in [4.69, 9.17) is 9.47 Å². The highest BCUT2D eigenvalue weighted by Gasteiger charge is 2.37. The fourth-order valence-electron chi connectivity index (χ4n) is 7.46. The Labute approximate surface area is 366 Å². The van der Waals surface area contributed by atoms with Gasteiger partial charge in [-0.25, -0.2) is 24.2 Å². The Morgan fingerprint density at radius 1 is 0.415 bits per heavy atom. The number of esters is 2. The Balaban J connectivity index is 0.833. The summed E-state index contributed by atoms with van der Waals surface area (Å²) in [5, 5.41) is 17.5. The Hall–Kier alpha value is -9.31. The quantitative estimate of drug-likeness (QED) is 0.0882. The third-order valence-electron chi connectivity index (χ3n) is 10.8. The third kappa shape index (κ3) is 7.89. The summed E-state index contributed by atoms with van der Waals surface area (Å²) in [5.74, 6) is -6.33. The molecule has 7 aromatic rings. The monoisotopic (exact) mass is 866 g/mol. The van der Waals surface area contributed by atoms with E-state index in [1.165, 1.54) is 78.9 Å². The Morgan fingerprint density at radius 2 is 0.738 bits per heavy atom. The van der Waals surface area contributed by atoms with Crippen LogP contribution in [0.15, 0.2) is 140 Å². The third-order valence-corrected chi connectivity index (χ3v) is 10.8. The molecule has 0 atom stereocenters. The standard InChI is InChI=1S/C49H30N4O12/c54-41(30-13-9-28-19-32(15-11-26(28)17-30)48(62)64-24-52-43(56)37-5-1-2-6-38(37)44(52)57)50-35-21-34(47(60)61)22-36(23-35)51-42(55)31-14-10-29-20-33(16-12-27(29)18-31)49(63)65-25-53-45(58)39-7-3-4-8-40(39)46(53)59/h1-23H,24-25H2,(H,50,54)(H,51,55)(H,60,61). The maximum absolute atomic E-state index is 13.4. The van der Waals surface area contributed by atoms with Gasteiger partial charge < -0.3 is 25.2 Å². The van der Waals surface area contributed by atoms with Crippen molar-refractivity contribution in [1.29, 1.82) is 0 Å². The zero-order valence-electron chi connectivity index (χ0n) is 33.5. The molecule has 0 saturated carbocycles. The predicted octanol–water partition coefficient (Wildman–Crippen LogP) is 7.02. The van der Waals surface area contributed by atoms with Gasteiger partial charge in [-0.2, -0.15) is 0 Å². The number of nitrogens with one attached hydrogen (secondary N) is 2. The molecule has 2 aliphatic rings. The minimum Gasteiger partial charge on any atom is -0.478 e. The van der Waals surface area contributed by atoms with Crippen LogP contribution in [-0.2, 0) is 9.47 Å². The van der Waals surface area contributed by atoms with Gasteiger partial charge in [-0.15, -0.1) is 0 Å². The number of aromatic carboxylic acids is 1. The summed E-state index contributed by atoms with van der Waals surface area (Å²) >= 11 is 0. The van der Waals surface area contributed by atoms with Gasteiger partial charge in [0.25, 0.3) is 35.4 Å². The molecule has 0 fully saturated rings. The molecule has 0 saturated heterocycles. The van der Waals surface area contributed by atoms with Gasteiger partial charge in [0.1, 0.15) is 0 Å². The number of carbonyl (C=O) groups is 9. The van der Waals surface area contributed by atoms with Crippen molar-refractivity contribution in [1.82, 2.24) is 9.80 Å². The molecule has 0 bridgehead atoms. The number of rotatable bonds is 11. The van der Waals surface area contributed by atoms with E-state index in [0.29, 0.717) is 21.5 Å². The number of imide groups is 2. The number of amides is 6. The largest absolute Gasteiger partial charge is 0.478 e. The van der Waals surface area contributed by atoms with Gasteiger partial charge in [-0.05, 0) is 113 Å². The molecule has 16 heteroatoms. The number of carboxylic acids is 1. The first-order chi connectivity index (χ1) is 31.3. The predicted molar refractivity (Wildman–Crippen MR) is 232 cm³/mol. The number of anilines is 2. The molecule has 3 N–H and O–H groups in total. The van der Waals surface area contributed by atoms with Crippen molar-refractivity contribution in [3.63, 3.8) is 0 Å². The summed E-state index contributed by atoms with van der Waals surface area (Å²) in [6.07, 6.45) is 0. The average Bonchev–Trinajstić information content (AvgIpc) is 3.71. The number of hydrogen-bond donors (Lipinski definition) is 3. The van der Waals surface area contributed by atoms with E-state index >= 15 is 0 Å². The number of benzene rings is 7. The molecule has 0 aliphatic carbocycles. The van der Waals surface area contributed by atoms with Crippen LogP contribution in [0.3, 0.4) is 0 Å². The van der Waals surface area contributed by atoms with Crippen LogP contribution in [0.1, 0.15) is 93.2 Å². The lowest BCUT2D eigenvalue weighted by Crippen LogP contribution is -2.33. The van der Waals surface area contributed by atoms with Crippen LogP contribution >= 0.6 is 0 Å². The summed E-state index contributed by atoms with van der Waals surface area (Å²) < 4.78 is 10.6. The first-order valence-corrected chi connectivity index (χ1v) is 19.7. The van der Waals surface area contributed by atoms with Gasteiger partial charge in [0.15, 0.2) is 13.5 Å². The van der Waals surface area contributed by atoms with E-state index < -0.39 is 66.8 Å². The van der Waals surface area contributed by atoms with Crippen LogP contribution in [0.4, 0.5) is 11.4 Å². The lowest BCUT2D eigenvalue weighted by molar-refractivity contribution is 0.0207. The number of ether oxygens (including phenoxy) is 2. The van der Waals surface area contributed by atoms with Crippen molar-refractivity contribution in [3.8, 4) is 0 Å². The molecule has 65 heavy (non-hydrogen) atoms. The van der Waals surface area contributed by atoms with Crippen molar-refractivity contribution in [3.05, 3.63) is 190 Å². The molecule has 6 amide bonds. The molecule has 0 aromatic heterocycles. The minimum absolute atomic E-state index is 0.0716. The molecule has 7 aromatic carbocycles. The van der Waals surface area contributed by atoms with Crippen LogP contribution in [0, 0.1) is 0 Å². The van der Waals surface area contributed by atoms with Gasteiger partial charge in [-0.3, -0.25) is 28.8 Å². The summed E-state index contributed by atoms with van der Waals surface area (Å²) in [4.78, 5) is 117. The molecule has 318 valence electrons. The van der Waals surface area contributed by atoms with Crippen LogP contribution in [-0.4, -0.2) is 81.7 Å². The highest BCUT2D eigenvalue weighted by Crippen LogP contribution is 2.27. The van der Waals surface area contributed by atoms with Crippen molar-refractivity contribution in [2.45, 2.75) is 0 Å². The molecular weight excluding hydrogens is 837 g/mol. The SMILES string of the molecule is O=C(O)c1cc(NC(=O)c2ccc3cc(C(=O)OCN4C(=O)c5ccccc5C4=O)ccc3c2)cc(NC(=O)c2ccc3cc(C(=O)OCN4C(=O)c5ccccc5C4=O)ccc3c2)c1. The normalized spacial score (nSPS) is 12.9. The summed E-state index contributed by atoms with van der Waals surface area (Å²) in [6, 6.07) is 35.0. The van der Waals surface area contributed by atoms with Gasteiger partial charge in [0, 0.05) is 22.5 Å². The molecule has 0 unspecified atom stereocenters. The lowest BCUT2D eigenvalue weighted by Gasteiger charge is -2.14. The number of carbonyl (C=O) groups excluding carboxylic acids is 8. The zero-order chi connectivity index (χ0) is 45.5. The maximum Gasteiger partial charge on any atom is 0.339 e. The van der Waals surface area contributed by atoms with Crippen LogP contribution in [0.2, 0.25) is 0 Å². The van der Waals surface area contributed by atoms with Gasteiger partial charge in [0.05, 0.1) is 38.9 Å². The van der Waals surface area contributed by atoms with E-state index in [0.717, 1.165) is 9.80 Å². The van der Waals surface area contributed by atoms with Crippen LogP contribution in [0.5, 0.6) is 0 Å². The summed E-state index contributed by atoms with van der Waals surface area (Å²) in [6.45, 7) is -1.14. The van der Waals surface area contributed by atoms with Crippen molar-refractivity contribution >= 4 is 86.3 Å². The second kappa shape index (κ2) is 16.5. The van der Waals surface area contributed by atoms with Gasteiger partial charge >= 0.3 is 17.9 Å². The van der Waals surface area contributed by atoms with Gasteiger partial charge in [-0.1, -0.05) is 48.5 Å². The molecule has 2 aliphatic heterocycles. The van der Waals surface area contributed by atoms with Crippen LogP contribution < -0.4 is 10.6 Å². The van der Waals surface area contributed by atoms with Gasteiger partial charge in [0.2, 0.25) is 0 Å². The topological polar surface area (TPSA) is 223 Å². The Bertz CT molecular complexity index is 3010. The van der Waals surface area contributed by atoms with E-state index in [-0.39, 0.29) is 61.4 Å². The lowest BCUT2D eigenvalue weighted by atomic mass is 10.0. The van der Waals surface area contributed by atoms with E-state index in [1.54, 1.807) is 60.7 Å². The Kier molecular flexibility index (Phi) is 10.4. The highest BCUT2D eigenvalue weighted by molar-refractivity contribution is 6.22. The number of hydrogen-bond acceptors (Lipinski definition) is 11. The summed E-state index contributed by atoms with van der Waals surface area (Å²) in [5.41, 5.74) is 1.50. The number of fused-ring (bicyclic) bond motifs is 4. The van der Waals surface area contributed by atoms with Crippen molar-refractivity contribution < 1.29 is 57.7 Å². The second-order valence-electron chi connectivity index (χ2n) is 14.9. The van der Waals surface area contributed by atoms with E-state index in [9.17, 15) is 48.3 Å². The van der Waals surface area contributed by atoms with Crippen molar-refractivity contribution in [2.24, 2.45) is 0 Å². The molecule has 16 nitrogen and oxygen atoms in total. The zero-order valence-corrected chi connectivity index (χ0v) is 33.5. The number of nitrogens with zero attached hydrogens (tertiary/aromatic N) is 2. The fraction of sp³-hybridized carbons (Fsp3) is 0.0408. The molecule has 2 heterocycles. The van der Waals surface area contributed by atoms with Crippen molar-refractivity contribution in [2.75, 3.05) is 24.1 Å². The average molecular weight is 867 g/mol. The first-order valence-electron chi connectivity index (χ1n) is 19.7. The summed E-state index contributed by atoms with van der Waals surface area (Å²) in [7, 11) is 0. The maximum atomic E-state index is 13.4. The van der Waals surface area contributed by atoms with Crippen LogP contribution in [0.25, 0.3) is 21.5 Å². The second-order valence-corrected chi connectivity index (χ2v) is 14.9.